The van der Waals surface area contributed by atoms with Gasteiger partial charge >= 0.3 is 6.03 Å². The quantitative estimate of drug-likeness (QED) is 0.910. The monoisotopic (exact) mass is 309 g/mol. The molecule has 0 aromatic heterocycles. The van der Waals surface area contributed by atoms with Gasteiger partial charge in [0.2, 0.25) is 5.91 Å². The summed E-state index contributed by atoms with van der Waals surface area (Å²) in [4.78, 5) is 25.7. The molecule has 0 saturated heterocycles. The molecule has 5 nitrogen and oxygen atoms in total. The Kier molecular flexibility index (Phi) is 4.39. The van der Waals surface area contributed by atoms with Crippen molar-refractivity contribution >= 4 is 11.9 Å². The number of primary amides is 1. The van der Waals surface area contributed by atoms with E-state index in [1.165, 1.54) is 11.1 Å². The van der Waals surface area contributed by atoms with Crippen LogP contribution in [-0.2, 0) is 17.8 Å². The SMILES string of the molecule is NC(=O)NC(=O)[C@@H](c1ccccc1)N1CCc2ccccc2C1. The molecule has 0 fully saturated rings. The summed E-state index contributed by atoms with van der Waals surface area (Å²) < 4.78 is 0. The van der Waals surface area contributed by atoms with Gasteiger partial charge in [-0.25, -0.2) is 4.79 Å². The number of amides is 3. The summed E-state index contributed by atoms with van der Waals surface area (Å²) in [5.74, 6) is -0.386. The molecule has 1 heterocycles. The number of nitrogens with zero attached hydrogens (tertiary/aromatic N) is 1. The predicted octanol–water partition coefficient (Wildman–Crippen LogP) is 1.98. The molecule has 2 aromatic carbocycles. The summed E-state index contributed by atoms with van der Waals surface area (Å²) in [7, 11) is 0. The molecule has 1 aliphatic heterocycles. The largest absolute Gasteiger partial charge is 0.351 e. The number of hydrogen-bond acceptors (Lipinski definition) is 3. The maximum Gasteiger partial charge on any atom is 0.318 e. The minimum Gasteiger partial charge on any atom is -0.351 e. The molecule has 3 rings (SSSR count). The highest BCUT2D eigenvalue weighted by molar-refractivity contribution is 5.96. The van der Waals surface area contributed by atoms with Gasteiger partial charge in [-0.3, -0.25) is 15.0 Å². The molecule has 0 bridgehead atoms. The summed E-state index contributed by atoms with van der Waals surface area (Å²) in [6.07, 6.45) is 0.878. The van der Waals surface area contributed by atoms with E-state index in [1.807, 2.05) is 42.5 Å². The van der Waals surface area contributed by atoms with Crippen molar-refractivity contribution in [2.24, 2.45) is 5.73 Å². The van der Waals surface area contributed by atoms with Gasteiger partial charge in [-0.15, -0.1) is 0 Å². The van der Waals surface area contributed by atoms with Crippen molar-refractivity contribution in [1.82, 2.24) is 10.2 Å². The van der Waals surface area contributed by atoms with E-state index >= 15 is 0 Å². The number of nitrogens with two attached hydrogens (primary N) is 1. The van der Waals surface area contributed by atoms with E-state index in [4.69, 9.17) is 5.73 Å². The minimum atomic E-state index is -0.826. The van der Waals surface area contributed by atoms with Gasteiger partial charge < -0.3 is 5.73 Å². The van der Waals surface area contributed by atoms with Crippen LogP contribution < -0.4 is 11.1 Å². The van der Waals surface area contributed by atoms with Crippen molar-refractivity contribution in [1.29, 1.82) is 0 Å². The first-order valence-electron chi connectivity index (χ1n) is 7.61. The number of imide groups is 1. The molecule has 118 valence electrons. The van der Waals surface area contributed by atoms with Crippen LogP contribution in [0.25, 0.3) is 0 Å². The predicted molar refractivity (Wildman–Crippen MR) is 87.5 cm³/mol. The number of nitrogens with one attached hydrogen (secondary N) is 1. The van der Waals surface area contributed by atoms with Crippen molar-refractivity contribution in [2.75, 3.05) is 6.54 Å². The molecule has 3 amide bonds. The van der Waals surface area contributed by atoms with Crippen molar-refractivity contribution < 1.29 is 9.59 Å². The van der Waals surface area contributed by atoms with Crippen LogP contribution in [0.1, 0.15) is 22.7 Å². The lowest BCUT2D eigenvalue weighted by Gasteiger charge is -2.34. The van der Waals surface area contributed by atoms with Gasteiger partial charge in [0, 0.05) is 13.1 Å². The number of rotatable bonds is 3. The Labute approximate surface area is 135 Å². The van der Waals surface area contributed by atoms with Gasteiger partial charge in [0.1, 0.15) is 6.04 Å². The van der Waals surface area contributed by atoms with Crippen molar-refractivity contribution in [2.45, 2.75) is 19.0 Å². The van der Waals surface area contributed by atoms with E-state index in [0.29, 0.717) is 6.54 Å². The Morgan fingerprint density at radius 3 is 2.35 bits per heavy atom. The summed E-state index contributed by atoms with van der Waals surface area (Å²) >= 11 is 0. The van der Waals surface area contributed by atoms with Gasteiger partial charge in [-0.05, 0) is 23.1 Å². The van der Waals surface area contributed by atoms with E-state index in [1.54, 1.807) is 0 Å². The molecule has 5 heteroatoms. The van der Waals surface area contributed by atoms with E-state index in [2.05, 4.69) is 22.3 Å². The Morgan fingerprint density at radius 2 is 1.65 bits per heavy atom. The Hall–Kier alpha value is -2.66. The molecule has 1 aliphatic rings. The number of urea groups is 1. The number of carbonyl (C=O) groups excluding carboxylic acids is 2. The Balaban J connectivity index is 1.90. The van der Waals surface area contributed by atoms with Crippen LogP contribution in [0.15, 0.2) is 54.6 Å². The van der Waals surface area contributed by atoms with E-state index in [0.717, 1.165) is 18.5 Å². The fourth-order valence-electron chi connectivity index (χ4n) is 3.09. The summed E-state index contributed by atoms with van der Waals surface area (Å²) in [5, 5.41) is 2.22. The third-order valence-corrected chi connectivity index (χ3v) is 4.14. The second-order valence-corrected chi connectivity index (χ2v) is 5.66. The third-order valence-electron chi connectivity index (χ3n) is 4.14. The Morgan fingerprint density at radius 1 is 1.00 bits per heavy atom. The minimum absolute atomic E-state index is 0.386. The third kappa shape index (κ3) is 3.40. The maximum atomic E-state index is 12.5. The zero-order valence-electron chi connectivity index (χ0n) is 12.7. The average molecular weight is 309 g/mol. The molecule has 2 aromatic rings. The first-order chi connectivity index (χ1) is 11.1. The average Bonchev–Trinajstić information content (AvgIpc) is 2.55. The van der Waals surface area contributed by atoms with E-state index in [-0.39, 0.29) is 5.91 Å². The molecular formula is C18H19N3O2. The zero-order valence-corrected chi connectivity index (χ0v) is 12.7. The van der Waals surface area contributed by atoms with Gasteiger partial charge in [0.25, 0.3) is 0 Å². The first-order valence-corrected chi connectivity index (χ1v) is 7.61. The molecule has 23 heavy (non-hydrogen) atoms. The fourth-order valence-corrected chi connectivity index (χ4v) is 3.09. The van der Waals surface area contributed by atoms with Crippen LogP contribution in [0.4, 0.5) is 4.79 Å². The number of fused-ring (bicyclic) bond motifs is 1. The molecule has 0 unspecified atom stereocenters. The lowest BCUT2D eigenvalue weighted by molar-refractivity contribution is -0.126. The molecule has 0 saturated carbocycles. The van der Waals surface area contributed by atoms with Crippen LogP contribution in [0.5, 0.6) is 0 Å². The fraction of sp³-hybridized carbons (Fsp3) is 0.222. The molecular weight excluding hydrogens is 290 g/mol. The van der Waals surface area contributed by atoms with Gasteiger partial charge in [0.05, 0.1) is 0 Å². The summed E-state index contributed by atoms with van der Waals surface area (Å²) in [5.41, 5.74) is 8.50. The summed E-state index contributed by atoms with van der Waals surface area (Å²) in [6.45, 7) is 1.42. The zero-order chi connectivity index (χ0) is 16.2. The van der Waals surface area contributed by atoms with Crippen molar-refractivity contribution in [3.63, 3.8) is 0 Å². The maximum absolute atomic E-state index is 12.5. The van der Waals surface area contributed by atoms with Crippen LogP contribution in [0.2, 0.25) is 0 Å². The van der Waals surface area contributed by atoms with E-state index < -0.39 is 12.1 Å². The second-order valence-electron chi connectivity index (χ2n) is 5.66. The molecule has 0 radical (unpaired) electrons. The highest BCUT2D eigenvalue weighted by Gasteiger charge is 2.30. The lowest BCUT2D eigenvalue weighted by Crippen LogP contribution is -2.46. The first kappa shape index (κ1) is 15.2. The van der Waals surface area contributed by atoms with Crippen LogP contribution in [-0.4, -0.2) is 23.4 Å². The lowest BCUT2D eigenvalue weighted by atomic mass is 9.96. The highest BCUT2D eigenvalue weighted by atomic mass is 16.2. The van der Waals surface area contributed by atoms with Gasteiger partial charge in [-0.2, -0.15) is 0 Å². The molecule has 0 aliphatic carbocycles. The number of carbonyl (C=O) groups is 2. The highest BCUT2D eigenvalue weighted by Crippen LogP contribution is 2.28. The Bertz CT molecular complexity index is 715. The molecule has 1 atom stereocenters. The van der Waals surface area contributed by atoms with Crippen LogP contribution in [0, 0.1) is 0 Å². The smallest absolute Gasteiger partial charge is 0.318 e. The molecule has 0 spiro atoms. The van der Waals surface area contributed by atoms with Crippen molar-refractivity contribution in [3.05, 3.63) is 71.3 Å². The second kappa shape index (κ2) is 6.62. The molecule has 3 N–H and O–H groups in total. The topological polar surface area (TPSA) is 75.4 Å². The number of hydrogen-bond donors (Lipinski definition) is 2. The summed E-state index contributed by atoms with van der Waals surface area (Å²) in [6, 6.07) is 16.3. The normalized spacial score (nSPS) is 15.5. The number of benzene rings is 2. The standard InChI is InChI=1S/C18H19N3O2/c19-18(23)20-17(22)16(14-7-2-1-3-8-14)21-11-10-13-6-4-5-9-15(13)12-21/h1-9,16H,10-12H2,(H3,19,20,22,23)/t16-/m1/s1. The van der Waals surface area contributed by atoms with Gasteiger partial charge in [0.15, 0.2) is 0 Å². The van der Waals surface area contributed by atoms with E-state index in [9.17, 15) is 9.59 Å². The van der Waals surface area contributed by atoms with Crippen molar-refractivity contribution in [3.8, 4) is 0 Å². The van der Waals surface area contributed by atoms with Crippen LogP contribution >= 0.6 is 0 Å². The van der Waals surface area contributed by atoms with Gasteiger partial charge in [-0.1, -0.05) is 54.6 Å². The van der Waals surface area contributed by atoms with Crippen LogP contribution in [0.3, 0.4) is 0 Å².